The van der Waals surface area contributed by atoms with Gasteiger partial charge in [0.05, 0.1) is 40.5 Å². The third-order valence-corrected chi connectivity index (χ3v) is 7.71. The fraction of sp³-hybridized carbons (Fsp3) is 0.458. The Morgan fingerprint density at radius 1 is 1.18 bits per heavy atom. The SMILES string of the molecule is C[C@H](CN1CCN(c2cc(C#N)cc(Nc3nc(NC4CC4)c4ncc(C#N)n4n3)c2Cl)CC1)NS(C)(=O)=O. The number of anilines is 4. The highest BCUT2D eigenvalue weighted by Gasteiger charge is 2.26. The van der Waals surface area contributed by atoms with E-state index < -0.39 is 10.0 Å². The van der Waals surface area contributed by atoms with Crippen molar-refractivity contribution in [1.82, 2.24) is 29.2 Å². The fourth-order valence-electron chi connectivity index (χ4n) is 4.61. The number of halogens is 1. The molecule has 15 heteroatoms. The fourth-order valence-corrected chi connectivity index (χ4v) is 5.69. The first-order valence-corrected chi connectivity index (χ1v) is 14.8. The molecule has 0 spiro atoms. The molecule has 1 aliphatic heterocycles. The van der Waals surface area contributed by atoms with Crippen LogP contribution in [0.15, 0.2) is 18.3 Å². The van der Waals surface area contributed by atoms with Gasteiger partial charge in [0, 0.05) is 44.8 Å². The molecule has 0 amide bonds. The molecule has 3 N–H and O–H groups in total. The number of aromatic nitrogens is 4. The molecule has 0 unspecified atom stereocenters. The Bertz CT molecular complexity index is 1580. The lowest BCUT2D eigenvalue weighted by Gasteiger charge is -2.37. The Morgan fingerprint density at radius 2 is 1.92 bits per heavy atom. The summed E-state index contributed by atoms with van der Waals surface area (Å²) in [7, 11) is -3.27. The van der Waals surface area contributed by atoms with Crippen LogP contribution in [0.1, 0.15) is 31.0 Å². The first-order chi connectivity index (χ1) is 18.6. The summed E-state index contributed by atoms with van der Waals surface area (Å²) in [4.78, 5) is 13.2. The van der Waals surface area contributed by atoms with Crippen molar-refractivity contribution in [2.75, 3.05) is 54.5 Å². The second-order valence-corrected chi connectivity index (χ2v) is 12.0. The Morgan fingerprint density at radius 3 is 2.56 bits per heavy atom. The number of sulfonamides is 1. The van der Waals surface area contributed by atoms with E-state index in [0.29, 0.717) is 72.2 Å². The number of rotatable bonds is 9. The molecule has 0 radical (unpaired) electrons. The highest BCUT2D eigenvalue weighted by Crippen LogP contribution is 2.36. The van der Waals surface area contributed by atoms with E-state index in [0.717, 1.165) is 19.1 Å². The number of hydrogen-bond acceptors (Lipinski definition) is 11. The first-order valence-electron chi connectivity index (χ1n) is 12.5. The highest BCUT2D eigenvalue weighted by molar-refractivity contribution is 7.88. The standard InChI is InChI=1S/C24H28ClN11O2S/c1-15(33-39(2,37)38)14-34-5-7-35(8-6-34)20-10-16(11-26)9-19(21(20)25)30-24-31-22(29-17-3-4-17)23-28-13-18(12-27)36(23)32-24/h9-10,13,15,17,33H,3-8,14H2,1-2H3,(H2,29,30,31,32)/t15-/m1/s1. The molecule has 3 aromatic rings. The van der Waals surface area contributed by atoms with Crippen LogP contribution in [0.4, 0.5) is 23.1 Å². The smallest absolute Gasteiger partial charge is 0.247 e. The average molecular weight is 570 g/mol. The van der Waals surface area contributed by atoms with E-state index in [-0.39, 0.29) is 17.7 Å². The van der Waals surface area contributed by atoms with Crippen molar-refractivity contribution in [2.45, 2.75) is 31.8 Å². The highest BCUT2D eigenvalue weighted by atomic mass is 35.5. The number of nitrogens with one attached hydrogen (secondary N) is 3. The van der Waals surface area contributed by atoms with Gasteiger partial charge in [0.25, 0.3) is 0 Å². The molecule has 2 aromatic heterocycles. The molecule has 1 saturated carbocycles. The van der Waals surface area contributed by atoms with Gasteiger partial charge in [0.15, 0.2) is 17.2 Å². The molecular formula is C24H28ClN11O2S. The Hall–Kier alpha value is -3.69. The normalized spacial score (nSPS) is 17.0. The average Bonchev–Trinajstić information content (AvgIpc) is 3.60. The van der Waals surface area contributed by atoms with Crippen LogP contribution in [-0.4, -0.2) is 84.0 Å². The van der Waals surface area contributed by atoms with Crippen molar-refractivity contribution in [1.29, 1.82) is 10.5 Å². The van der Waals surface area contributed by atoms with E-state index in [1.807, 2.05) is 6.92 Å². The van der Waals surface area contributed by atoms with Crippen molar-refractivity contribution >= 4 is 50.4 Å². The summed E-state index contributed by atoms with van der Waals surface area (Å²) in [5, 5.41) is 30.6. The third kappa shape index (κ3) is 6.32. The van der Waals surface area contributed by atoms with Gasteiger partial charge in [0.1, 0.15) is 6.07 Å². The van der Waals surface area contributed by atoms with Crippen LogP contribution in [0.5, 0.6) is 0 Å². The minimum Gasteiger partial charge on any atom is -0.368 e. The van der Waals surface area contributed by atoms with Gasteiger partial charge in [-0.1, -0.05) is 11.6 Å². The lowest BCUT2D eigenvalue weighted by atomic mass is 10.1. The van der Waals surface area contributed by atoms with Crippen LogP contribution >= 0.6 is 11.6 Å². The van der Waals surface area contributed by atoms with E-state index >= 15 is 0 Å². The lowest BCUT2D eigenvalue weighted by molar-refractivity contribution is 0.242. The molecule has 1 aromatic carbocycles. The molecule has 204 valence electrons. The number of nitrogens with zero attached hydrogens (tertiary/aromatic N) is 8. The van der Waals surface area contributed by atoms with Gasteiger partial charge in [-0.3, -0.25) is 4.90 Å². The van der Waals surface area contributed by atoms with E-state index in [9.17, 15) is 18.9 Å². The Kier molecular flexibility index (Phi) is 7.46. The van der Waals surface area contributed by atoms with E-state index in [2.05, 4.69) is 52.4 Å². The molecule has 2 aliphatic rings. The molecule has 2 fully saturated rings. The van der Waals surface area contributed by atoms with Gasteiger partial charge in [-0.05, 0) is 31.9 Å². The summed E-state index contributed by atoms with van der Waals surface area (Å²) in [6, 6.07) is 7.77. The van der Waals surface area contributed by atoms with Crippen molar-refractivity contribution in [3.05, 3.63) is 34.6 Å². The zero-order chi connectivity index (χ0) is 27.7. The predicted molar refractivity (Wildman–Crippen MR) is 148 cm³/mol. The predicted octanol–water partition coefficient (Wildman–Crippen LogP) is 1.90. The van der Waals surface area contributed by atoms with Gasteiger partial charge >= 0.3 is 0 Å². The maximum absolute atomic E-state index is 11.5. The summed E-state index contributed by atoms with van der Waals surface area (Å²) >= 11 is 6.86. The number of piperazine rings is 1. The maximum atomic E-state index is 11.5. The van der Waals surface area contributed by atoms with Crippen LogP contribution in [-0.2, 0) is 10.0 Å². The molecule has 5 rings (SSSR count). The Balaban J connectivity index is 1.37. The number of nitriles is 2. The molecule has 39 heavy (non-hydrogen) atoms. The number of benzene rings is 1. The number of fused-ring (bicyclic) bond motifs is 1. The third-order valence-electron chi connectivity index (χ3n) is 6.48. The summed E-state index contributed by atoms with van der Waals surface area (Å²) in [6.07, 6.45) is 4.67. The minimum absolute atomic E-state index is 0.207. The zero-order valence-electron chi connectivity index (χ0n) is 21.5. The minimum atomic E-state index is -3.27. The molecule has 0 bridgehead atoms. The number of hydrogen-bond donors (Lipinski definition) is 3. The van der Waals surface area contributed by atoms with Crippen molar-refractivity contribution in [3.63, 3.8) is 0 Å². The van der Waals surface area contributed by atoms with E-state index in [1.54, 1.807) is 12.1 Å². The first kappa shape index (κ1) is 26.9. The largest absolute Gasteiger partial charge is 0.368 e. The van der Waals surface area contributed by atoms with Gasteiger partial charge < -0.3 is 15.5 Å². The topological polar surface area (TPSA) is 167 Å². The van der Waals surface area contributed by atoms with Crippen LogP contribution in [0.25, 0.3) is 5.65 Å². The molecule has 1 saturated heterocycles. The lowest BCUT2D eigenvalue weighted by Crippen LogP contribution is -2.50. The van der Waals surface area contributed by atoms with E-state index in [4.69, 9.17) is 11.6 Å². The summed E-state index contributed by atoms with van der Waals surface area (Å²) in [5.74, 6) is 0.722. The van der Waals surface area contributed by atoms with Crippen LogP contribution in [0, 0.1) is 22.7 Å². The summed E-state index contributed by atoms with van der Waals surface area (Å²) in [6.45, 7) is 5.15. The van der Waals surface area contributed by atoms with Crippen molar-refractivity contribution in [2.24, 2.45) is 0 Å². The van der Waals surface area contributed by atoms with Gasteiger partial charge in [0.2, 0.25) is 16.0 Å². The van der Waals surface area contributed by atoms with Crippen LogP contribution in [0.2, 0.25) is 5.02 Å². The Labute approximate surface area is 231 Å². The van der Waals surface area contributed by atoms with Gasteiger partial charge in [-0.15, -0.1) is 5.10 Å². The van der Waals surface area contributed by atoms with Crippen molar-refractivity contribution in [3.8, 4) is 12.1 Å². The van der Waals surface area contributed by atoms with Crippen molar-refractivity contribution < 1.29 is 8.42 Å². The van der Waals surface area contributed by atoms with Gasteiger partial charge in [-0.2, -0.15) is 20.0 Å². The van der Waals surface area contributed by atoms with Gasteiger partial charge in [-0.25, -0.2) is 18.1 Å². The monoisotopic (exact) mass is 569 g/mol. The molecule has 3 heterocycles. The maximum Gasteiger partial charge on any atom is 0.247 e. The molecule has 1 aliphatic carbocycles. The number of imidazole rings is 1. The summed E-state index contributed by atoms with van der Waals surface area (Å²) in [5.41, 5.74) is 2.32. The second-order valence-electron chi connectivity index (χ2n) is 9.87. The molecule has 13 nitrogen and oxygen atoms in total. The second kappa shape index (κ2) is 10.8. The quantitative estimate of drug-likeness (QED) is 0.344. The zero-order valence-corrected chi connectivity index (χ0v) is 23.1. The van der Waals surface area contributed by atoms with E-state index in [1.165, 1.54) is 10.7 Å². The summed E-state index contributed by atoms with van der Waals surface area (Å²) < 4.78 is 27.1. The van der Waals surface area contributed by atoms with Crippen LogP contribution in [0.3, 0.4) is 0 Å². The molecule has 1 atom stereocenters. The van der Waals surface area contributed by atoms with Crippen LogP contribution < -0.4 is 20.3 Å². The molecular weight excluding hydrogens is 542 g/mol.